The molecular weight excluding hydrogens is 488 g/mol. The number of nitrogens with one attached hydrogen (secondary N) is 1. The highest BCUT2D eigenvalue weighted by Crippen LogP contribution is 2.30. The molecule has 1 rings (SSSR count). The Balaban J connectivity index is 3.35. The van der Waals surface area contributed by atoms with Gasteiger partial charge in [-0.15, -0.1) is 0 Å². The average Bonchev–Trinajstić information content (AvgIpc) is 2.41. The Morgan fingerprint density at radius 1 is 1.15 bits per heavy atom. The molecule has 98 valence electrons. The SMILES string of the molecule is N#CC(C#N)=C(C#N)Nc1c(I)cc([N+](=O)[O-])cc1I. The van der Waals surface area contributed by atoms with E-state index in [4.69, 9.17) is 15.8 Å². The number of halogens is 2. The van der Waals surface area contributed by atoms with Crippen molar-refractivity contribution in [3.05, 3.63) is 40.7 Å². The number of benzene rings is 1. The highest BCUT2D eigenvalue weighted by molar-refractivity contribution is 14.1. The zero-order valence-electron chi connectivity index (χ0n) is 9.52. The van der Waals surface area contributed by atoms with Crippen LogP contribution in [-0.4, -0.2) is 4.92 Å². The summed E-state index contributed by atoms with van der Waals surface area (Å²) in [5.41, 5.74) is -0.180. The van der Waals surface area contributed by atoms with Crippen molar-refractivity contribution >= 4 is 56.6 Å². The number of hydrogen-bond donors (Lipinski definition) is 1. The Labute approximate surface area is 140 Å². The van der Waals surface area contributed by atoms with Crippen LogP contribution in [-0.2, 0) is 0 Å². The van der Waals surface area contributed by atoms with Gasteiger partial charge in [-0.3, -0.25) is 10.1 Å². The second kappa shape index (κ2) is 7.03. The fraction of sp³-hybridized carbons (Fsp3) is 0. The number of rotatable bonds is 3. The van der Waals surface area contributed by atoms with Crippen molar-refractivity contribution < 1.29 is 4.92 Å². The first-order valence-electron chi connectivity index (χ1n) is 4.79. The molecular formula is C11H3I2N5O2. The maximum atomic E-state index is 10.7. The predicted molar refractivity (Wildman–Crippen MR) is 86.0 cm³/mol. The zero-order chi connectivity index (χ0) is 15.3. The molecule has 1 N–H and O–H groups in total. The van der Waals surface area contributed by atoms with Crippen LogP contribution in [0.4, 0.5) is 11.4 Å². The molecule has 0 fully saturated rings. The molecule has 0 aromatic heterocycles. The summed E-state index contributed by atoms with van der Waals surface area (Å²) in [5, 5.41) is 39.8. The second-order valence-corrected chi connectivity index (χ2v) is 5.58. The summed E-state index contributed by atoms with van der Waals surface area (Å²) in [5.74, 6) is 0. The third kappa shape index (κ3) is 3.56. The normalized spacial score (nSPS) is 8.75. The topological polar surface area (TPSA) is 127 Å². The number of nitrogens with zero attached hydrogens (tertiary/aromatic N) is 4. The predicted octanol–water partition coefficient (Wildman–Crippen LogP) is 3.04. The zero-order valence-corrected chi connectivity index (χ0v) is 13.8. The van der Waals surface area contributed by atoms with Crippen LogP contribution in [0.3, 0.4) is 0 Å². The molecule has 20 heavy (non-hydrogen) atoms. The molecule has 0 aliphatic heterocycles. The van der Waals surface area contributed by atoms with E-state index in [0.29, 0.717) is 12.8 Å². The van der Waals surface area contributed by atoms with Gasteiger partial charge in [-0.2, -0.15) is 15.8 Å². The van der Waals surface area contributed by atoms with Crippen LogP contribution in [0.25, 0.3) is 0 Å². The van der Waals surface area contributed by atoms with Gasteiger partial charge in [0, 0.05) is 19.3 Å². The Morgan fingerprint density at radius 3 is 2.00 bits per heavy atom. The summed E-state index contributed by atoms with van der Waals surface area (Å²) in [4.78, 5) is 10.2. The molecule has 1 aromatic rings. The van der Waals surface area contributed by atoms with Gasteiger partial charge < -0.3 is 5.32 Å². The van der Waals surface area contributed by atoms with Crippen molar-refractivity contribution in [2.45, 2.75) is 0 Å². The molecule has 0 bridgehead atoms. The van der Waals surface area contributed by atoms with Gasteiger partial charge in [-0.25, -0.2) is 0 Å². The van der Waals surface area contributed by atoms with E-state index in [0.717, 1.165) is 0 Å². The van der Waals surface area contributed by atoms with Crippen LogP contribution in [0.1, 0.15) is 0 Å². The fourth-order valence-electron chi connectivity index (χ4n) is 1.19. The molecule has 1 aromatic carbocycles. The molecule has 0 radical (unpaired) electrons. The summed E-state index contributed by atoms with van der Waals surface area (Å²) in [6, 6.07) is 7.61. The number of hydrogen-bond acceptors (Lipinski definition) is 6. The molecule has 0 amide bonds. The van der Waals surface area contributed by atoms with Crippen LogP contribution in [0, 0.1) is 51.2 Å². The lowest BCUT2D eigenvalue weighted by molar-refractivity contribution is -0.385. The van der Waals surface area contributed by atoms with E-state index in [-0.39, 0.29) is 17.0 Å². The van der Waals surface area contributed by atoms with Crippen LogP contribution < -0.4 is 5.32 Å². The summed E-state index contributed by atoms with van der Waals surface area (Å²) in [6.07, 6.45) is 0. The van der Waals surface area contributed by atoms with Crippen LogP contribution in [0.2, 0.25) is 0 Å². The third-order valence-corrected chi connectivity index (χ3v) is 3.77. The van der Waals surface area contributed by atoms with Crippen molar-refractivity contribution in [1.29, 1.82) is 15.8 Å². The van der Waals surface area contributed by atoms with E-state index in [1.165, 1.54) is 12.1 Å². The Morgan fingerprint density at radius 2 is 1.65 bits per heavy atom. The average molecular weight is 491 g/mol. The van der Waals surface area contributed by atoms with E-state index < -0.39 is 4.92 Å². The highest BCUT2D eigenvalue weighted by Gasteiger charge is 2.16. The Kier molecular flexibility index (Phi) is 5.67. The highest BCUT2D eigenvalue weighted by atomic mass is 127. The first kappa shape index (κ1) is 16.1. The maximum Gasteiger partial charge on any atom is 0.271 e. The first-order chi connectivity index (χ1) is 9.44. The minimum absolute atomic E-state index is 0.0763. The van der Waals surface area contributed by atoms with Gasteiger partial charge in [-0.1, -0.05) is 0 Å². The quantitative estimate of drug-likeness (QED) is 0.300. The largest absolute Gasteiger partial charge is 0.343 e. The minimum Gasteiger partial charge on any atom is -0.343 e. The monoisotopic (exact) mass is 491 g/mol. The lowest BCUT2D eigenvalue weighted by atomic mass is 10.2. The van der Waals surface area contributed by atoms with E-state index >= 15 is 0 Å². The first-order valence-corrected chi connectivity index (χ1v) is 6.95. The molecule has 0 spiro atoms. The summed E-state index contributed by atoms with van der Waals surface area (Å²) in [7, 11) is 0. The van der Waals surface area contributed by atoms with Crippen molar-refractivity contribution in [1.82, 2.24) is 0 Å². The molecule has 0 heterocycles. The molecule has 0 atom stereocenters. The molecule has 0 saturated carbocycles. The number of nitro groups is 1. The standard InChI is InChI=1S/C11H3I2N5O2/c12-8-1-7(18(19)20)2-9(13)11(8)17-10(5-16)6(3-14)4-15/h1-2,17H. The minimum atomic E-state index is -0.523. The molecule has 0 aliphatic rings. The number of nitro benzene ring substituents is 1. The molecule has 0 aliphatic carbocycles. The molecule has 0 unspecified atom stereocenters. The van der Waals surface area contributed by atoms with Crippen LogP contribution >= 0.6 is 45.2 Å². The van der Waals surface area contributed by atoms with Gasteiger partial charge in [0.05, 0.1) is 10.6 Å². The summed E-state index contributed by atoms with van der Waals surface area (Å²) < 4.78 is 1.01. The van der Waals surface area contributed by atoms with Crippen LogP contribution in [0.5, 0.6) is 0 Å². The van der Waals surface area contributed by atoms with Gasteiger partial charge in [0.2, 0.25) is 0 Å². The van der Waals surface area contributed by atoms with Gasteiger partial charge in [-0.05, 0) is 45.2 Å². The second-order valence-electron chi connectivity index (χ2n) is 3.25. The number of allylic oxidation sites excluding steroid dienone is 2. The molecule has 7 nitrogen and oxygen atoms in total. The third-order valence-electron chi connectivity index (χ3n) is 2.07. The lowest BCUT2D eigenvalue weighted by Crippen LogP contribution is -2.05. The Bertz CT molecular complexity index is 698. The van der Waals surface area contributed by atoms with Crippen molar-refractivity contribution in [3.63, 3.8) is 0 Å². The van der Waals surface area contributed by atoms with Crippen LogP contribution in [0.15, 0.2) is 23.4 Å². The van der Waals surface area contributed by atoms with Crippen molar-refractivity contribution in [2.24, 2.45) is 0 Å². The van der Waals surface area contributed by atoms with E-state index in [1.807, 2.05) is 45.2 Å². The van der Waals surface area contributed by atoms with E-state index in [1.54, 1.807) is 18.2 Å². The Hall–Kier alpha value is -1.91. The number of anilines is 1. The fourth-order valence-corrected chi connectivity index (χ4v) is 3.20. The van der Waals surface area contributed by atoms with E-state index in [9.17, 15) is 10.1 Å². The van der Waals surface area contributed by atoms with Gasteiger partial charge in [0.25, 0.3) is 5.69 Å². The number of nitriles is 3. The van der Waals surface area contributed by atoms with Crippen molar-refractivity contribution in [3.8, 4) is 18.2 Å². The van der Waals surface area contributed by atoms with Crippen molar-refractivity contribution in [2.75, 3.05) is 5.32 Å². The van der Waals surface area contributed by atoms with Gasteiger partial charge in [0.1, 0.15) is 23.9 Å². The molecule has 0 saturated heterocycles. The molecule has 9 heteroatoms. The number of non-ortho nitro benzene ring substituents is 1. The summed E-state index contributed by atoms with van der Waals surface area (Å²) >= 11 is 3.75. The van der Waals surface area contributed by atoms with E-state index in [2.05, 4.69) is 5.32 Å². The van der Waals surface area contributed by atoms with Gasteiger partial charge >= 0.3 is 0 Å². The lowest BCUT2D eigenvalue weighted by Gasteiger charge is -2.09. The maximum absolute atomic E-state index is 10.7. The van der Waals surface area contributed by atoms with Gasteiger partial charge in [0.15, 0.2) is 5.57 Å². The smallest absolute Gasteiger partial charge is 0.271 e. The summed E-state index contributed by atoms with van der Waals surface area (Å²) in [6.45, 7) is 0.